The Morgan fingerprint density at radius 3 is 2.68 bits per heavy atom. The number of unbranched alkanes of at least 4 members (excludes halogenated alkanes) is 1. The monoisotopic (exact) mass is 304 g/mol. The molecule has 0 saturated carbocycles. The van der Waals surface area contributed by atoms with E-state index in [0.717, 1.165) is 12.8 Å². The second-order valence-corrected chi connectivity index (χ2v) is 5.24. The highest BCUT2D eigenvalue weighted by molar-refractivity contribution is 6.00. The third-order valence-electron chi connectivity index (χ3n) is 2.82. The topological polar surface area (TPSA) is 67.4 Å². The summed E-state index contributed by atoms with van der Waals surface area (Å²) in [6.07, 6.45) is 5.23. The van der Waals surface area contributed by atoms with Crippen LogP contribution in [-0.2, 0) is 4.74 Å². The molecule has 5 heteroatoms. The maximum Gasteiger partial charge on any atom is 0.340 e. The van der Waals surface area contributed by atoms with Crippen molar-refractivity contribution in [2.24, 2.45) is 5.92 Å². The van der Waals surface area contributed by atoms with Gasteiger partial charge in [-0.15, -0.1) is 0 Å². The van der Waals surface area contributed by atoms with Crippen LogP contribution in [0.25, 0.3) is 0 Å². The molecule has 2 amide bonds. The fourth-order valence-electron chi connectivity index (χ4n) is 1.63. The van der Waals surface area contributed by atoms with Crippen LogP contribution >= 0.6 is 0 Å². The summed E-state index contributed by atoms with van der Waals surface area (Å²) in [7, 11) is 0. The molecule has 1 aromatic rings. The number of esters is 1. The quantitative estimate of drug-likeness (QED) is 0.592. The number of urea groups is 1. The average Bonchev–Trinajstić information content (AvgIpc) is 2.47. The predicted molar refractivity (Wildman–Crippen MR) is 87.8 cm³/mol. The van der Waals surface area contributed by atoms with Crippen LogP contribution < -0.4 is 10.6 Å². The van der Waals surface area contributed by atoms with Gasteiger partial charge in [0.2, 0.25) is 0 Å². The summed E-state index contributed by atoms with van der Waals surface area (Å²) < 4.78 is 5.18. The molecule has 0 aliphatic carbocycles. The van der Waals surface area contributed by atoms with Gasteiger partial charge in [-0.2, -0.15) is 0 Å². The van der Waals surface area contributed by atoms with E-state index in [1.54, 1.807) is 30.5 Å². The number of amides is 2. The van der Waals surface area contributed by atoms with E-state index in [9.17, 15) is 9.59 Å². The van der Waals surface area contributed by atoms with Gasteiger partial charge >= 0.3 is 12.0 Å². The smallest absolute Gasteiger partial charge is 0.340 e. The first-order chi connectivity index (χ1) is 10.5. The molecule has 1 aromatic carbocycles. The molecule has 5 nitrogen and oxygen atoms in total. The zero-order valence-corrected chi connectivity index (χ0v) is 13.4. The number of para-hydroxylation sites is 1. The lowest BCUT2D eigenvalue weighted by molar-refractivity contribution is 0.0501. The van der Waals surface area contributed by atoms with Crippen LogP contribution in [0.5, 0.6) is 0 Å². The molecule has 0 aliphatic heterocycles. The van der Waals surface area contributed by atoms with E-state index >= 15 is 0 Å². The Bertz CT molecular complexity index is 524. The molecule has 0 saturated heterocycles. The Kier molecular flexibility index (Phi) is 7.75. The maximum absolute atomic E-state index is 12.0. The summed E-state index contributed by atoms with van der Waals surface area (Å²) in [5, 5.41) is 5.25. The number of carbonyl (C=O) groups excluding carboxylic acids is 2. The lowest BCUT2D eigenvalue weighted by Gasteiger charge is -2.10. The van der Waals surface area contributed by atoms with Crippen LogP contribution in [0.1, 0.15) is 44.0 Å². The highest BCUT2D eigenvalue weighted by atomic mass is 16.5. The van der Waals surface area contributed by atoms with Gasteiger partial charge in [-0.3, -0.25) is 0 Å². The minimum Gasteiger partial charge on any atom is -0.462 e. The van der Waals surface area contributed by atoms with E-state index in [4.69, 9.17) is 4.74 Å². The highest BCUT2D eigenvalue weighted by Gasteiger charge is 2.13. The second-order valence-electron chi connectivity index (χ2n) is 5.24. The van der Waals surface area contributed by atoms with E-state index in [2.05, 4.69) is 10.6 Å². The fraction of sp³-hybridized carbons (Fsp3) is 0.412. The van der Waals surface area contributed by atoms with Crippen molar-refractivity contribution in [3.63, 3.8) is 0 Å². The molecule has 0 unspecified atom stereocenters. The van der Waals surface area contributed by atoms with Crippen LogP contribution in [0.2, 0.25) is 0 Å². The highest BCUT2D eigenvalue weighted by Crippen LogP contribution is 2.16. The number of allylic oxidation sites excluding steroid dienone is 1. The van der Waals surface area contributed by atoms with Crippen LogP contribution in [-0.4, -0.2) is 18.6 Å². The SMILES string of the molecule is CCCCOC(=O)c1ccccc1NC(=O)N/C=C/C(C)C. The Labute approximate surface area is 131 Å². The first-order valence-electron chi connectivity index (χ1n) is 7.55. The van der Waals surface area contributed by atoms with Crippen molar-refractivity contribution in [3.05, 3.63) is 42.1 Å². The number of nitrogens with one attached hydrogen (secondary N) is 2. The standard InChI is InChI=1S/C17H24N2O3/c1-4-5-12-22-16(20)14-8-6-7-9-15(14)19-17(21)18-11-10-13(2)3/h6-11,13H,4-5,12H2,1-3H3,(H2,18,19,21)/b11-10+. The summed E-state index contributed by atoms with van der Waals surface area (Å²) in [6, 6.07) is 6.39. The summed E-state index contributed by atoms with van der Waals surface area (Å²) in [5.74, 6) is -0.0804. The Morgan fingerprint density at radius 2 is 2.00 bits per heavy atom. The van der Waals surface area contributed by atoms with Crippen molar-refractivity contribution in [3.8, 4) is 0 Å². The van der Waals surface area contributed by atoms with Gasteiger partial charge in [0.1, 0.15) is 0 Å². The van der Waals surface area contributed by atoms with Crippen LogP contribution in [0.4, 0.5) is 10.5 Å². The summed E-state index contributed by atoms with van der Waals surface area (Å²) in [6.45, 7) is 6.43. The molecule has 0 heterocycles. The molecular formula is C17H24N2O3. The number of ether oxygens (including phenoxy) is 1. The zero-order valence-electron chi connectivity index (χ0n) is 13.4. The molecule has 0 fully saturated rings. The third-order valence-corrected chi connectivity index (χ3v) is 2.82. The molecule has 2 N–H and O–H groups in total. The van der Waals surface area contributed by atoms with E-state index < -0.39 is 12.0 Å². The van der Waals surface area contributed by atoms with Gasteiger partial charge in [0, 0.05) is 6.20 Å². The molecule has 1 rings (SSSR count). The van der Waals surface area contributed by atoms with Crippen molar-refractivity contribution in [2.75, 3.05) is 11.9 Å². The van der Waals surface area contributed by atoms with Crippen molar-refractivity contribution >= 4 is 17.7 Å². The number of hydrogen-bond acceptors (Lipinski definition) is 3. The minimum absolute atomic E-state index is 0.348. The van der Waals surface area contributed by atoms with Crippen LogP contribution in [0.15, 0.2) is 36.5 Å². The third kappa shape index (κ3) is 6.43. The zero-order chi connectivity index (χ0) is 16.4. The first-order valence-corrected chi connectivity index (χ1v) is 7.55. The molecule has 22 heavy (non-hydrogen) atoms. The number of carbonyl (C=O) groups is 2. The largest absolute Gasteiger partial charge is 0.462 e. The molecule has 120 valence electrons. The van der Waals surface area contributed by atoms with Crippen LogP contribution in [0, 0.1) is 5.92 Å². The predicted octanol–water partition coefficient (Wildman–Crippen LogP) is 3.93. The number of rotatable bonds is 7. The summed E-state index contributed by atoms with van der Waals surface area (Å²) in [4.78, 5) is 23.8. The van der Waals surface area contributed by atoms with Crippen molar-refractivity contribution in [1.29, 1.82) is 0 Å². The fourth-order valence-corrected chi connectivity index (χ4v) is 1.63. The van der Waals surface area contributed by atoms with Gasteiger partial charge in [0.25, 0.3) is 0 Å². The average molecular weight is 304 g/mol. The van der Waals surface area contributed by atoms with Gasteiger partial charge in [0.05, 0.1) is 17.9 Å². The lowest BCUT2D eigenvalue weighted by Crippen LogP contribution is -2.25. The normalized spacial score (nSPS) is 10.7. The van der Waals surface area contributed by atoms with Crippen molar-refractivity contribution < 1.29 is 14.3 Å². The van der Waals surface area contributed by atoms with Crippen LogP contribution in [0.3, 0.4) is 0 Å². The van der Waals surface area contributed by atoms with Gasteiger partial charge < -0.3 is 15.4 Å². The number of anilines is 1. The first kappa shape index (κ1) is 17.8. The Hall–Kier alpha value is -2.30. The number of hydrogen-bond donors (Lipinski definition) is 2. The van der Waals surface area contributed by atoms with E-state index in [1.165, 1.54) is 0 Å². The molecule has 0 radical (unpaired) electrons. The van der Waals surface area contributed by atoms with E-state index in [0.29, 0.717) is 23.8 Å². The van der Waals surface area contributed by atoms with Crippen molar-refractivity contribution in [2.45, 2.75) is 33.6 Å². The molecule has 0 bridgehead atoms. The molecule has 0 aliphatic rings. The maximum atomic E-state index is 12.0. The van der Waals surface area contributed by atoms with Gasteiger partial charge in [-0.05, 0) is 24.5 Å². The van der Waals surface area contributed by atoms with Gasteiger partial charge in [0.15, 0.2) is 0 Å². The molecule has 0 atom stereocenters. The molecule has 0 aromatic heterocycles. The van der Waals surface area contributed by atoms with Crippen molar-refractivity contribution in [1.82, 2.24) is 5.32 Å². The van der Waals surface area contributed by atoms with E-state index in [-0.39, 0.29) is 0 Å². The Morgan fingerprint density at radius 1 is 1.27 bits per heavy atom. The second kappa shape index (κ2) is 9.60. The molecule has 0 spiro atoms. The number of benzene rings is 1. The Balaban J connectivity index is 2.67. The molecular weight excluding hydrogens is 280 g/mol. The van der Waals surface area contributed by atoms with E-state index in [1.807, 2.05) is 26.8 Å². The van der Waals surface area contributed by atoms with Gasteiger partial charge in [-0.1, -0.05) is 45.4 Å². The summed E-state index contributed by atoms with van der Waals surface area (Å²) in [5.41, 5.74) is 0.779. The summed E-state index contributed by atoms with van der Waals surface area (Å²) >= 11 is 0. The minimum atomic E-state index is -0.429. The van der Waals surface area contributed by atoms with Gasteiger partial charge in [-0.25, -0.2) is 9.59 Å². The lowest BCUT2D eigenvalue weighted by atomic mass is 10.2.